The molecule has 0 amide bonds. The maximum Gasteiger partial charge on any atom is 0.188 e. The van der Waals surface area contributed by atoms with Crippen molar-refractivity contribution in [1.29, 1.82) is 0 Å². The summed E-state index contributed by atoms with van der Waals surface area (Å²) < 4.78 is 18.7. The van der Waals surface area contributed by atoms with E-state index in [-0.39, 0.29) is 11.3 Å². The lowest BCUT2D eigenvalue weighted by Crippen LogP contribution is -1.97. The van der Waals surface area contributed by atoms with Crippen LogP contribution in [0.25, 0.3) is 6.08 Å². The fourth-order valence-electron chi connectivity index (χ4n) is 1.83. The van der Waals surface area contributed by atoms with Crippen LogP contribution in [0.5, 0.6) is 11.5 Å². The van der Waals surface area contributed by atoms with E-state index in [0.29, 0.717) is 17.9 Å². The van der Waals surface area contributed by atoms with Crippen LogP contribution in [-0.4, -0.2) is 17.5 Å². The van der Waals surface area contributed by atoms with Crippen molar-refractivity contribution in [2.75, 3.05) is 6.61 Å². The minimum absolute atomic E-state index is 0.0255. The Balaban J connectivity index is 2.20. The molecule has 0 aromatic heterocycles. The molecule has 0 saturated heterocycles. The Labute approximate surface area is 122 Å². The highest BCUT2D eigenvalue weighted by atomic mass is 19.1. The summed E-state index contributed by atoms with van der Waals surface area (Å²) in [5.74, 6) is -0.584. The number of hydrogen-bond acceptors (Lipinski definition) is 3. The Hall–Kier alpha value is -2.62. The second kappa shape index (κ2) is 6.70. The lowest BCUT2D eigenvalue weighted by atomic mass is 10.1. The van der Waals surface area contributed by atoms with Crippen molar-refractivity contribution in [3.05, 3.63) is 65.5 Å². The van der Waals surface area contributed by atoms with E-state index in [1.54, 1.807) is 24.3 Å². The van der Waals surface area contributed by atoms with Crippen molar-refractivity contribution in [2.24, 2.45) is 0 Å². The van der Waals surface area contributed by atoms with Crippen LogP contribution in [0.2, 0.25) is 0 Å². The highest BCUT2D eigenvalue weighted by molar-refractivity contribution is 6.07. The summed E-state index contributed by atoms with van der Waals surface area (Å²) in [4.78, 5) is 11.9. The number of ether oxygens (including phenoxy) is 1. The van der Waals surface area contributed by atoms with Gasteiger partial charge in [0, 0.05) is 0 Å². The first kappa shape index (κ1) is 14.8. The first-order chi connectivity index (χ1) is 10.1. The SMILES string of the molecule is CCOc1cc(/C=C/C(=O)c2ccccc2F)ccc1O. The van der Waals surface area contributed by atoms with Gasteiger partial charge in [-0.2, -0.15) is 0 Å². The van der Waals surface area contributed by atoms with Gasteiger partial charge in [0.1, 0.15) is 5.82 Å². The van der Waals surface area contributed by atoms with Crippen molar-refractivity contribution in [3.63, 3.8) is 0 Å². The molecule has 4 heteroatoms. The molecule has 0 unspecified atom stereocenters. The van der Waals surface area contributed by atoms with E-state index in [1.165, 1.54) is 30.3 Å². The number of carbonyl (C=O) groups is 1. The monoisotopic (exact) mass is 286 g/mol. The van der Waals surface area contributed by atoms with Gasteiger partial charge in [-0.1, -0.05) is 24.3 Å². The molecule has 0 aliphatic carbocycles. The fourth-order valence-corrected chi connectivity index (χ4v) is 1.83. The molecule has 0 heterocycles. The smallest absolute Gasteiger partial charge is 0.188 e. The summed E-state index contributed by atoms with van der Waals surface area (Å²) >= 11 is 0. The van der Waals surface area contributed by atoms with Crippen LogP contribution in [0, 0.1) is 5.82 Å². The van der Waals surface area contributed by atoms with Gasteiger partial charge < -0.3 is 9.84 Å². The van der Waals surface area contributed by atoms with Gasteiger partial charge in [0.2, 0.25) is 0 Å². The Bertz CT molecular complexity index is 677. The summed E-state index contributed by atoms with van der Waals surface area (Å²) in [6.07, 6.45) is 2.84. The molecule has 3 nitrogen and oxygen atoms in total. The topological polar surface area (TPSA) is 46.5 Å². The number of phenolic OH excluding ortho intramolecular Hbond substituents is 1. The number of rotatable bonds is 5. The lowest BCUT2D eigenvalue weighted by molar-refractivity contribution is 0.104. The molecule has 0 saturated carbocycles. The van der Waals surface area contributed by atoms with Crippen LogP contribution in [-0.2, 0) is 0 Å². The average molecular weight is 286 g/mol. The second-order valence-electron chi connectivity index (χ2n) is 4.34. The van der Waals surface area contributed by atoms with Crippen LogP contribution < -0.4 is 4.74 Å². The molecule has 0 atom stereocenters. The fraction of sp³-hybridized carbons (Fsp3) is 0.118. The maximum absolute atomic E-state index is 13.5. The van der Waals surface area contributed by atoms with Gasteiger partial charge in [-0.3, -0.25) is 4.79 Å². The first-order valence-corrected chi connectivity index (χ1v) is 6.54. The number of aromatic hydroxyl groups is 1. The van der Waals surface area contributed by atoms with Crippen molar-refractivity contribution in [1.82, 2.24) is 0 Å². The van der Waals surface area contributed by atoms with Gasteiger partial charge >= 0.3 is 0 Å². The third kappa shape index (κ3) is 3.69. The van der Waals surface area contributed by atoms with Gasteiger partial charge in [-0.05, 0) is 42.8 Å². The lowest BCUT2D eigenvalue weighted by Gasteiger charge is -2.06. The molecular weight excluding hydrogens is 271 g/mol. The standard InChI is InChI=1S/C17H15FO3/c1-2-21-17-11-12(8-10-16(17)20)7-9-15(19)13-5-3-4-6-14(13)18/h3-11,20H,2H2,1H3/b9-7+. The zero-order valence-corrected chi connectivity index (χ0v) is 11.5. The van der Waals surface area contributed by atoms with Crippen molar-refractivity contribution in [3.8, 4) is 11.5 Å². The number of allylic oxidation sites excluding steroid dienone is 1. The highest BCUT2D eigenvalue weighted by Crippen LogP contribution is 2.27. The van der Waals surface area contributed by atoms with Gasteiger partial charge in [-0.25, -0.2) is 4.39 Å². The van der Waals surface area contributed by atoms with E-state index in [4.69, 9.17) is 4.74 Å². The van der Waals surface area contributed by atoms with E-state index in [2.05, 4.69) is 0 Å². The minimum atomic E-state index is -0.548. The molecule has 0 aliphatic rings. The number of carbonyl (C=O) groups excluding carboxylic acids is 1. The summed E-state index contributed by atoms with van der Waals surface area (Å²) in [5.41, 5.74) is 0.707. The molecule has 0 spiro atoms. The number of halogens is 1. The van der Waals surface area contributed by atoms with E-state index in [9.17, 15) is 14.3 Å². The molecule has 2 aromatic carbocycles. The van der Waals surface area contributed by atoms with E-state index in [0.717, 1.165) is 0 Å². The molecule has 108 valence electrons. The van der Waals surface area contributed by atoms with Crippen LogP contribution in [0.15, 0.2) is 48.5 Å². The third-order valence-corrected chi connectivity index (χ3v) is 2.85. The Kier molecular flexibility index (Phi) is 4.72. The predicted molar refractivity (Wildman–Crippen MR) is 79.0 cm³/mol. The van der Waals surface area contributed by atoms with Crippen molar-refractivity contribution in [2.45, 2.75) is 6.92 Å². The van der Waals surface area contributed by atoms with Crippen LogP contribution in [0.3, 0.4) is 0 Å². The quantitative estimate of drug-likeness (QED) is 0.671. The van der Waals surface area contributed by atoms with Crippen LogP contribution >= 0.6 is 0 Å². The Morgan fingerprint density at radius 3 is 2.76 bits per heavy atom. The molecule has 0 fully saturated rings. The Morgan fingerprint density at radius 1 is 1.29 bits per heavy atom. The largest absolute Gasteiger partial charge is 0.504 e. The normalized spacial score (nSPS) is 10.8. The van der Waals surface area contributed by atoms with E-state index < -0.39 is 11.6 Å². The third-order valence-electron chi connectivity index (χ3n) is 2.85. The zero-order chi connectivity index (χ0) is 15.2. The van der Waals surface area contributed by atoms with Crippen LogP contribution in [0.4, 0.5) is 4.39 Å². The van der Waals surface area contributed by atoms with Gasteiger partial charge in [-0.15, -0.1) is 0 Å². The van der Waals surface area contributed by atoms with E-state index >= 15 is 0 Å². The Morgan fingerprint density at radius 2 is 2.05 bits per heavy atom. The molecule has 1 N–H and O–H groups in total. The van der Waals surface area contributed by atoms with E-state index in [1.807, 2.05) is 6.92 Å². The molecular formula is C17H15FO3. The molecule has 2 rings (SSSR count). The molecule has 0 aliphatic heterocycles. The zero-order valence-electron chi connectivity index (χ0n) is 11.5. The number of ketones is 1. The first-order valence-electron chi connectivity index (χ1n) is 6.54. The second-order valence-corrected chi connectivity index (χ2v) is 4.34. The summed E-state index contributed by atoms with van der Waals surface area (Å²) in [7, 11) is 0. The maximum atomic E-state index is 13.5. The average Bonchev–Trinajstić information content (AvgIpc) is 2.48. The van der Waals surface area contributed by atoms with Gasteiger partial charge in [0.15, 0.2) is 17.3 Å². The molecule has 0 radical (unpaired) electrons. The van der Waals surface area contributed by atoms with Gasteiger partial charge in [0.05, 0.1) is 12.2 Å². The van der Waals surface area contributed by atoms with Gasteiger partial charge in [0.25, 0.3) is 0 Å². The molecule has 21 heavy (non-hydrogen) atoms. The van der Waals surface area contributed by atoms with Crippen molar-refractivity contribution < 1.29 is 19.0 Å². The number of phenols is 1. The number of benzene rings is 2. The minimum Gasteiger partial charge on any atom is -0.504 e. The molecule has 2 aromatic rings. The highest BCUT2D eigenvalue weighted by Gasteiger charge is 2.07. The number of hydrogen-bond donors (Lipinski definition) is 1. The summed E-state index contributed by atoms with van der Waals surface area (Å²) in [5, 5.41) is 9.59. The summed E-state index contributed by atoms with van der Waals surface area (Å²) in [6, 6.07) is 10.6. The van der Waals surface area contributed by atoms with Crippen molar-refractivity contribution >= 4 is 11.9 Å². The predicted octanol–water partition coefficient (Wildman–Crippen LogP) is 3.83. The molecule has 0 bridgehead atoms. The summed E-state index contributed by atoms with van der Waals surface area (Å²) in [6.45, 7) is 2.23. The van der Waals surface area contributed by atoms with Crippen LogP contribution in [0.1, 0.15) is 22.8 Å².